The summed E-state index contributed by atoms with van der Waals surface area (Å²) in [5, 5.41) is 0. The van der Waals surface area contributed by atoms with Gasteiger partial charge in [0.05, 0.1) is 6.61 Å². The first-order valence-electron chi connectivity index (χ1n) is 22.2. The molecular weight excluding hydrogens is 645 g/mol. The number of rotatable bonds is 40. The highest BCUT2D eigenvalue weighted by Gasteiger charge is 2.17. The first-order chi connectivity index (χ1) is 25.6. The smallest absolute Gasteiger partial charge is 0.306 e. The highest BCUT2D eigenvalue weighted by Crippen LogP contribution is 2.13. The molecule has 0 aliphatic carbocycles. The normalized spacial score (nSPS) is 12.6. The maximum atomic E-state index is 12.6. The zero-order valence-corrected chi connectivity index (χ0v) is 34.6. The van der Waals surface area contributed by atoms with Crippen molar-refractivity contribution in [2.75, 3.05) is 19.8 Å². The summed E-state index contributed by atoms with van der Waals surface area (Å²) in [5.41, 5.74) is 0. The Hall–Kier alpha value is -2.14. The lowest BCUT2D eigenvalue weighted by Crippen LogP contribution is -2.30. The van der Waals surface area contributed by atoms with Gasteiger partial charge in [0, 0.05) is 19.4 Å². The van der Waals surface area contributed by atoms with E-state index in [4.69, 9.17) is 14.2 Å². The van der Waals surface area contributed by atoms with E-state index in [0.29, 0.717) is 19.4 Å². The monoisotopic (exact) mass is 729 g/mol. The number of carbonyl (C=O) groups is 2. The summed E-state index contributed by atoms with van der Waals surface area (Å²) in [7, 11) is 0. The van der Waals surface area contributed by atoms with Gasteiger partial charge in [-0.2, -0.15) is 0 Å². The summed E-state index contributed by atoms with van der Waals surface area (Å²) in [4.78, 5) is 25.1. The maximum Gasteiger partial charge on any atom is 0.306 e. The second-order valence-corrected chi connectivity index (χ2v) is 14.6. The molecule has 0 saturated carbocycles. The van der Waals surface area contributed by atoms with Crippen molar-refractivity contribution in [3.63, 3.8) is 0 Å². The molecule has 0 aromatic carbocycles. The molecule has 0 saturated heterocycles. The first kappa shape index (κ1) is 49.9. The molecule has 0 spiro atoms. The minimum atomic E-state index is -0.538. The van der Waals surface area contributed by atoms with Crippen molar-refractivity contribution in [2.45, 2.75) is 219 Å². The van der Waals surface area contributed by atoms with Gasteiger partial charge in [-0.1, -0.05) is 191 Å². The van der Waals surface area contributed by atoms with Crippen LogP contribution in [0.2, 0.25) is 0 Å². The van der Waals surface area contributed by atoms with Gasteiger partial charge >= 0.3 is 11.9 Å². The van der Waals surface area contributed by atoms with Gasteiger partial charge in [0.1, 0.15) is 6.61 Å². The Morgan fingerprint density at radius 3 is 1.38 bits per heavy atom. The lowest BCUT2D eigenvalue weighted by molar-refractivity contribution is -0.163. The average Bonchev–Trinajstić information content (AvgIpc) is 3.14. The van der Waals surface area contributed by atoms with Crippen LogP contribution in [0, 0.1) is 0 Å². The third-order valence-corrected chi connectivity index (χ3v) is 9.38. The fourth-order valence-electron chi connectivity index (χ4n) is 6.09. The Morgan fingerprint density at radius 2 is 0.865 bits per heavy atom. The lowest BCUT2D eigenvalue weighted by atomic mass is 10.1. The van der Waals surface area contributed by atoms with Crippen molar-refractivity contribution in [1.82, 2.24) is 0 Å². The molecule has 302 valence electrons. The average molecular weight is 729 g/mol. The van der Waals surface area contributed by atoms with E-state index in [0.717, 1.165) is 70.6 Å². The van der Waals surface area contributed by atoms with E-state index in [2.05, 4.69) is 69.4 Å². The summed E-state index contributed by atoms with van der Waals surface area (Å²) in [6, 6.07) is 0. The van der Waals surface area contributed by atoms with Gasteiger partial charge in [0.15, 0.2) is 6.10 Å². The quantitative estimate of drug-likeness (QED) is 0.0357. The largest absolute Gasteiger partial charge is 0.462 e. The molecule has 0 amide bonds. The van der Waals surface area contributed by atoms with Crippen molar-refractivity contribution < 1.29 is 23.8 Å². The molecule has 0 aliphatic rings. The van der Waals surface area contributed by atoms with E-state index in [1.165, 1.54) is 109 Å². The van der Waals surface area contributed by atoms with Crippen molar-refractivity contribution in [1.29, 1.82) is 0 Å². The van der Waals surface area contributed by atoms with Crippen LogP contribution in [0.5, 0.6) is 0 Å². The molecule has 0 radical (unpaired) electrons. The first-order valence-corrected chi connectivity index (χ1v) is 22.2. The predicted molar refractivity (Wildman–Crippen MR) is 224 cm³/mol. The number of esters is 2. The molecule has 0 rings (SSSR count). The molecule has 1 unspecified atom stereocenters. The van der Waals surface area contributed by atoms with E-state index in [-0.39, 0.29) is 25.2 Å². The van der Waals surface area contributed by atoms with Crippen LogP contribution in [0.15, 0.2) is 48.6 Å². The summed E-state index contributed by atoms with van der Waals surface area (Å²) >= 11 is 0. The van der Waals surface area contributed by atoms with Crippen molar-refractivity contribution in [3.05, 3.63) is 48.6 Å². The third-order valence-electron chi connectivity index (χ3n) is 9.38. The number of allylic oxidation sites excluding steroid dienone is 8. The molecule has 0 N–H and O–H groups in total. The van der Waals surface area contributed by atoms with Crippen LogP contribution in [0.3, 0.4) is 0 Å². The Kier molecular flexibility index (Phi) is 41.5. The molecule has 0 aliphatic heterocycles. The molecule has 52 heavy (non-hydrogen) atoms. The van der Waals surface area contributed by atoms with Crippen LogP contribution in [0.1, 0.15) is 213 Å². The third kappa shape index (κ3) is 40.6. The fourth-order valence-corrected chi connectivity index (χ4v) is 6.09. The van der Waals surface area contributed by atoms with Crippen LogP contribution in [-0.4, -0.2) is 37.9 Å². The molecule has 5 nitrogen and oxygen atoms in total. The van der Waals surface area contributed by atoms with E-state index in [1.807, 2.05) is 0 Å². The van der Waals surface area contributed by atoms with Crippen molar-refractivity contribution in [2.24, 2.45) is 0 Å². The SMILES string of the molecule is CC/C=C\C/C=C\C/C=C\C/C=C\CCCCCCCOCC(COC(=O)CCCCCCCCCCC)OC(=O)CCCCCCCCCCC. The highest BCUT2D eigenvalue weighted by atomic mass is 16.6. The molecule has 5 heteroatoms. The van der Waals surface area contributed by atoms with Crippen LogP contribution in [-0.2, 0) is 23.8 Å². The van der Waals surface area contributed by atoms with Crippen LogP contribution in [0.25, 0.3) is 0 Å². The Morgan fingerprint density at radius 1 is 0.442 bits per heavy atom. The summed E-state index contributed by atoms with van der Waals surface area (Å²) in [6.07, 6.45) is 51.1. The van der Waals surface area contributed by atoms with E-state index < -0.39 is 6.10 Å². The minimum absolute atomic E-state index is 0.0804. The number of hydrogen-bond donors (Lipinski definition) is 0. The summed E-state index contributed by atoms with van der Waals surface area (Å²) < 4.78 is 17.2. The van der Waals surface area contributed by atoms with Gasteiger partial charge in [-0.15, -0.1) is 0 Å². The zero-order valence-electron chi connectivity index (χ0n) is 34.6. The standard InChI is InChI=1S/C47H84O5/c1-4-7-10-13-16-19-20-21-22-23-24-25-26-27-30-33-36-39-42-50-43-45(52-47(49)41-38-35-32-29-18-15-12-9-6-3)44-51-46(48)40-37-34-31-28-17-14-11-8-5-2/h7,10,16,19,21-22,24-25,45H,4-6,8-9,11-15,17-18,20,23,26-44H2,1-3H3/b10-7-,19-16-,22-21-,25-24-. The second kappa shape index (κ2) is 43.3. The Balaban J connectivity index is 4.21. The highest BCUT2D eigenvalue weighted by molar-refractivity contribution is 5.70. The van der Waals surface area contributed by atoms with Crippen molar-refractivity contribution >= 4 is 11.9 Å². The fraction of sp³-hybridized carbons (Fsp3) is 0.787. The maximum absolute atomic E-state index is 12.6. The number of ether oxygens (including phenoxy) is 3. The Labute approximate surface area is 322 Å². The number of unbranched alkanes of at least 4 members (excludes halogenated alkanes) is 21. The molecule has 0 fully saturated rings. The van der Waals surface area contributed by atoms with Gasteiger partial charge < -0.3 is 14.2 Å². The molecule has 0 aromatic rings. The van der Waals surface area contributed by atoms with Gasteiger partial charge in [-0.25, -0.2) is 0 Å². The number of carbonyl (C=O) groups excluding carboxylic acids is 2. The van der Waals surface area contributed by atoms with E-state index >= 15 is 0 Å². The lowest BCUT2D eigenvalue weighted by Gasteiger charge is -2.18. The van der Waals surface area contributed by atoms with Crippen LogP contribution >= 0.6 is 0 Å². The molecule has 0 bridgehead atoms. The van der Waals surface area contributed by atoms with Gasteiger partial charge in [-0.05, 0) is 57.8 Å². The minimum Gasteiger partial charge on any atom is -0.462 e. The summed E-state index contributed by atoms with van der Waals surface area (Å²) in [6.45, 7) is 7.65. The van der Waals surface area contributed by atoms with Crippen LogP contribution < -0.4 is 0 Å². The Bertz CT molecular complexity index is 873. The number of hydrogen-bond acceptors (Lipinski definition) is 5. The van der Waals surface area contributed by atoms with Crippen molar-refractivity contribution in [3.8, 4) is 0 Å². The molecular formula is C47H84O5. The zero-order chi connectivity index (χ0) is 37.8. The second-order valence-electron chi connectivity index (χ2n) is 14.6. The molecule has 0 heterocycles. The van der Waals surface area contributed by atoms with E-state index in [9.17, 15) is 9.59 Å². The van der Waals surface area contributed by atoms with E-state index in [1.54, 1.807) is 0 Å². The molecule has 0 aromatic heterocycles. The van der Waals surface area contributed by atoms with Crippen LogP contribution in [0.4, 0.5) is 0 Å². The van der Waals surface area contributed by atoms with Gasteiger partial charge in [0.25, 0.3) is 0 Å². The predicted octanol–water partition coefficient (Wildman–Crippen LogP) is 14.4. The molecule has 1 atom stereocenters. The van der Waals surface area contributed by atoms with Gasteiger partial charge in [-0.3, -0.25) is 9.59 Å². The summed E-state index contributed by atoms with van der Waals surface area (Å²) in [5.74, 6) is -0.409. The van der Waals surface area contributed by atoms with Gasteiger partial charge in [0.2, 0.25) is 0 Å². The topological polar surface area (TPSA) is 61.8 Å².